The van der Waals surface area contributed by atoms with Crippen LogP contribution in [0.4, 0.5) is 13.2 Å². The largest absolute Gasteiger partial charge is 0.479 e. The minimum absolute atomic E-state index is 0.181. The highest BCUT2D eigenvalue weighted by Crippen LogP contribution is 2.37. The number of aliphatic carboxylic acids is 1. The molecule has 6 nitrogen and oxygen atoms in total. The molecule has 1 aromatic rings. The molecule has 0 bridgehead atoms. The fraction of sp³-hybridized carbons (Fsp3) is 0.417. The van der Waals surface area contributed by atoms with Gasteiger partial charge in [-0.2, -0.15) is 17.5 Å². The predicted octanol–water partition coefficient (Wildman–Crippen LogP) is 1.83. The van der Waals surface area contributed by atoms with E-state index in [1.54, 1.807) is 0 Å². The van der Waals surface area contributed by atoms with Crippen LogP contribution in [-0.4, -0.2) is 49.6 Å². The highest BCUT2D eigenvalue weighted by Gasteiger charge is 2.41. The molecule has 1 fully saturated rings. The Balaban J connectivity index is 2.48. The van der Waals surface area contributed by atoms with Crippen LogP contribution in [0.2, 0.25) is 5.02 Å². The monoisotopic (exact) mass is 373 g/mol. The van der Waals surface area contributed by atoms with E-state index < -0.39 is 45.3 Å². The van der Waals surface area contributed by atoms with Crippen molar-refractivity contribution in [3.63, 3.8) is 0 Å². The van der Waals surface area contributed by atoms with E-state index in [4.69, 9.17) is 21.4 Å². The molecule has 1 atom stereocenters. The number of rotatable bonds is 3. The third kappa shape index (κ3) is 3.77. The fourth-order valence-electron chi connectivity index (χ4n) is 2.08. The molecule has 1 N–H and O–H groups in total. The van der Waals surface area contributed by atoms with Crippen LogP contribution >= 0.6 is 11.6 Å². The average molecular weight is 374 g/mol. The van der Waals surface area contributed by atoms with Crippen LogP contribution in [0, 0.1) is 0 Å². The van der Waals surface area contributed by atoms with E-state index in [-0.39, 0.29) is 18.2 Å². The van der Waals surface area contributed by atoms with Crippen molar-refractivity contribution >= 4 is 27.6 Å². The van der Waals surface area contributed by atoms with Gasteiger partial charge in [0, 0.05) is 11.6 Å². The number of carboxylic acid groups (broad SMARTS) is 1. The van der Waals surface area contributed by atoms with Crippen molar-refractivity contribution in [3.05, 3.63) is 28.8 Å². The van der Waals surface area contributed by atoms with Crippen LogP contribution in [-0.2, 0) is 25.7 Å². The summed E-state index contributed by atoms with van der Waals surface area (Å²) in [5, 5.41) is 8.69. The highest BCUT2D eigenvalue weighted by atomic mass is 35.5. The van der Waals surface area contributed by atoms with Crippen LogP contribution < -0.4 is 0 Å². The number of carboxylic acids is 1. The van der Waals surface area contributed by atoms with Gasteiger partial charge in [0.25, 0.3) is 0 Å². The summed E-state index contributed by atoms with van der Waals surface area (Å²) in [6.45, 7) is -1.07. The van der Waals surface area contributed by atoms with Crippen LogP contribution in [0.5, 0.6) is 0 Å². The van der Waals surface area contributed by atoms with Gasteiger partial charge in [-0.15, -0.1) is 0 Å². The van der Waals surface area contributed by atoms with Gasteiger partial charge in [0.05, 0.1) is 23.6 Å². The number of morpholine rings is 1. The van der Waals surface area contributed by atoms with Crippen molar-refractivity contribution in [1.82, 2.24) is 4.31 Å². The van der Waals surface area contributed by atoms with Gasteiger partial charge in [-0.05, 0) is 18.2 Å². The molecule has 0 saturated carbocycles. The van der Waals surface area contributed by atoms with Gasteiger partial charge in [0.2, 0.25) is 10.0 Å². The van der Waals surface area contributed by atoms with Crippen LogP contribution in [0.25, 0.3) is 0 Å². The smallest absolute Gasteiger partial charge is 0.417 e. The molecule has 23 heavy (non-hydrogen) atoms. The second kappa shape index (κ2) is 6.27. The lowest BCUT2D eigenvalue weighted by molar-refractivity contribution is -0.153. The number of alkyl halides is 3. The number of halogens is 4. The van der Waals surface area contributed by atoms with E-state index in [1.807, 2.05) is 0 Å². The zero-order valence-corrected chi connectivity index (χ0v) is 13.0. The number of hydrogen-bond donors (Lipinski definition) is 1. The van der Waals surface area contributed by atoms with Crippen molar-refractivity contribution in [2.24, 2.45) is 0 Å². The maximum absolute atomic E-state index is 13.0. The molecular weight excluding hydrogens is 363 g/mol. The molecule has 0 amide bonds. The Morgan fingerprint density at radius 2 is 2.04 bits per heavy atom. The van der Waals surface area contributed by atoms with Gasteiger partial charge in [-0.25, -0.2) is 13.2 Å². The second-order valence-corrected chi connectivity index (χ2v) is 7.04. The quantitative estimate of drug-likeness (QED) is 0.874. The molecule has 0 aliphatic carbocycles. The molecule has 1 saturated heterocycles. The Labute approximate surface area is 134 Å². The van der Waals surface area contributed by atoms with Gasteiger partial charge in [0.1, 0.15) is 0 Å². The van der Waals surface area contributed by atoms with Crippen LogP contribution in [0.3, 0.4) is 0 Å². The molecule has 1 aliphatic rings. The summed E-state index contributed by atoms with van der Waals surface area (Å²) >= 11 is 5.62. The number of nitrogens with zero attached hydrogens (tertiary/aromatic N) is 1. The molecule has 0 spiro atoms. The summed E-state index contributed by atoms with van der Waals surface area (Å²) in [5.41, 5.74) is -1.36. The standard InChI is InChI=1S/C12H11ClF3NO5S/c13-7-1-2-8(12(14,15)16)10(5-7)23(20,21)17-3-4-22-9(6-17)11(18)19/h1-2,5,9H,3-4,6H2,(H,18,19). The molecule has 0 radical (unpaired) electrons. The fourth-order valence-corrected chi connectivity index (χ4v) is 3.98. The van der Waals surface area contributed by atoms with Gasteiger partial charge >= 0.3 is 12.1 Å². The lowest BCUT2D eigenvalue weighted by atomic mass is 10.2. The number of benzene rings is 1. The Morgan fingerprint density at radius 1 is 1.39 bits per heavy atom. The zero-order chi connectivity index (χ0) is 17.4. The second-order valence-electron chi connectivity index (χ2n) is 4.70. The third-order valence-electron chi connectivity index (χ3n) is 3.17. The summed E-state index contributed by atoms with van der Waals surface area (Å²) in [6, 6.07) is 2.21. The first-order chi connectivity index (χ1) is 10.5. The van der Waals surface area contributed by atoms with E-state index in [2.05, 4.69) is 0 Å². The van der Waals surface area contributed by atoms with E-state index in [0.29, 0.717) is 16.4 Å². The highest BCUT2D eigenvalue weighted by molar-refractivity contribution is 7.89. The number of carbonyl (C=O) groups is 1. The molecule has 1 heterocycles. The Kier molecular flexibility index (Phi) is 4.90. The van der Waals surface area contributed by atoms with Crippen molar-refractivity contribution < 1.29 is 36.2 Å². The van der Waals surface area contributed by atoms with Gasteiger partial charge in [-0.3, -0.25) is 0 Å². The minimum atomic E-state index is -4.90. The molecule has 11 heteroatoms. The molecule has 1 aliphatic heterocycles. The normalized spacial score (nSPS) is 20.4. The Bertz CT molecular complexity index is 722. The van der Waals surface area contributed by atoms with E-state index in [0.717, 1.165) is 6.07 Å². The van der Waals surface area contributed by atoms with Crippen molar-refractivity contribution in [2.75, 3.05) is 19.7 Å². The zero-order valence-electron chi connectivity index (χ0n) is 11.4. The summed E-state index contributed by atoms with van der Waals surface area (Å²) < 4.78 is 69.6. The number of sulfonamides is 1. The van der Waals surface area contributed by atoms with Crippen LogP contribution in [0.1, 0.15) is 5.56 Å². The van der Waals surface area contributed by atoms with Crippen molar-refractivity contribution in [2.45, 2.75) is 17.2 Å². The molecule has 2 rings (SSSR count). The maximum atomic E-state index is 13.0. The Morgan fingerprint density at radius 3 is 2.61 bits per heavy atom. The first-order valence-electron chi connectivity index (χ1n) is 6.25. The van der Waals surface area contributed by atoms with E-state index in [9.17, 15) is 26.4 Å². The molecule has 128 valence electrons. The van der Waals surface area contributed by atoms with Crippen molar-refractivity contribution in [3.8, 4) is 0 Å². The minimum Gasteiger partial charge on any atom is -0.479 e. The first-order valence-corrected chi connectivity index (χ1v) is 8.06. The molecular formula is C12H11ClF3NO5S. The summed E-state index contributed by atoms with van der Waals surface area (Å²) in [5.74, 6) is -1.40. The van der Waals surface area contributed by atoms with Gasteiger partial charge < -0.3 is 9.84 Å². The third-order valence-corrected chi connectivity index (χ3v) is 5.31. The van der Waals surface area contributed by atoms with Crippen LogP contribution in [0.15, 0.2) is 23.1 Å². The van der Waals surface area contributed by atoms with Crippen molar-refractivity contribution in [1.29, 1.82) is 0 Å². The molecule has 1 aromatic carbocycles. The lowest BCUT2D eigenvalue weighted by Gasteiger charge is -2.30. The van der Waals surface area contributed by atoms with Gasteiger partial charge in [0.15, 0.2) is 6.10 Å². The summed E-state index contributed by atoms with van der Waals surface area (Å²) in [4.78, 5) is 9.89. The molecule has 0 aromatic heterocycles. The number of ether oxygens (including phenoxy) is 1. The van der Waals surface area contributed by atoms with E-state index >= 15 is 0 Å². The average Bonchev–Trinajstić information content (AvgIpc) is 2.46. The first kappa shape index (κ1) is 18.0. The predicted molar refractivity (Wildman–Crippen MR) is 72.6 cm³/mol. The summed E-state index contributed by atoms with van der Waals surface area (Å²) in [6.07, 6.45) is -6.34. The topological polar surface area (TPSA) is 83.9 Å². The number of hydrogen-bond acceptors (Lipinski definition) is 4. The summed E-state index contributed by atoms with van der Waals surface area (Å²) in [7, 11) is -4.58. The Hall–Kier alpha value is -1.36. The maximum Gasteiger partial charge on any atom is 0.417 e. The van der Waals surface area contributed by atoms with E-state index in [1.165, 1.54) is 0 Å². The lowest BCUT2D eigenvalue weighted by Crippen LogP contribution is -2.48. The molecule has 1 unspecified atom stereocenters. The SMILES string of the molecule is O=C(O)C1CN(S(=O)(=O)c2cc(Cl)ccc2C(F)(F)F)CCO1. The van der Waals surface area contributed by atoms with Gasteiger partial charge in [-0.1, -0.05) is 11.6 Å².